The van der Waals surface area contributed by atoms with E-state index in [1.54, 1.807) is 23.2 Å². The second-order valence-electron chi connectivity index (χ2n) is 12.2. The van der Waals surface area contributed by atoms with Crippen molar-refractivity contribution < 1.29 is 4.42 Å². The highest BCUT2D eigenvalue weighted by atomic mass is 16.3. The molecular weight excluding hydrogens is 606 g/mol. The molecule has 0 amide bonds. The molecule has 0 saturated heterocycles. The first-order valence-electron chi connectivity index (χ1n) is 16.1. The fraction of sp³-hybridized carbons (Fsp3) is 0.0476. The molecule has 9 rings (SSSR count). The molecule has 9 aromatic rings. The minimum absolute atomic E-state index is 0.0498. The number of hydrogen-bond donors (Lipinski definition) is 0. The molecule has 234 valence electrons. The van der Waals surface area contributed by atoms with Crippen LogP contribution >= 0.6 is 0 Å². The van der Waals surface area contributed by atoms with Crippen molar-refractivity contribution in [3.63, 3.8) is 0 Å². The number of furan rings is 1. The van der Waals surface area contributed by atoms with Gasteiger partial charge in [-0.3, -0.25) is 9.13 Å². The van der Waals surface area contributed by atoms with Gasteiger partial charge in [-0.05, 0) is 64.7 Å². The fourth-order valence-electron chi connectivity index (χ4n) is 6.62. The molecule has 49 heavy (non-hydrogen) atoms. The summed E-state index contributed by atoms with van der Waals surface area (Å²) < 4.78 is 9.53. The summed E-state index contributed by atoms with van der Waals surface area (Å²) in [4.78, 5) is 27.5. The van der Waals surface area contributed by atoms with Crippen molar-refractivity contribution >= 4 is 33.0 Å². The van der Waals surface area contributed by atoms with Crippen molar-refractivity contribution in [1.82, 2.24) is 24.1 Å². The van der Waals surface area contributed by atoms with E-state index < -0.39 is 0 Å². The molecule has 7 heteroatoms. The van der Waals surface area contributed by atoms with E-state index in [2.05, 4.69) is 54.6 Å². The van der Waals surface area contributed by atoms with E-state index in [-0.39, 0.29) is 5.69 Å². The zero-order valence-electron chi connectivity index (χ0n) is 26.8. The van der Waals surface area contributed by atoms with Gasteiger partial charge in [0.25, 0.3) is 0 Å². The molecule has 0 unspecified atom stereocenters. The van der Waals surface area contributed by atoms with Gasteiger partial charge in [-0.1, -0.05) is 97.1 Å². The highest BCUT2D eigenvalue weighted by Crippen LogP contribution is 2.34. The Hall–Kier alpha value is -6.60. The van der Waals surface area contributed by atoms with Crippen LogP contribution in [0.5, 0.6) is 0 Å². The minimum Gasteiger partial charge on any atom is -0.456 e. The van der Waals surface area contributed by atoms with E-state index in [1.807, 2.05) is 84.9 Å². The number of aryl methyl sites for hydroxylation is 2. The van der Waals surface area contributed by atoms with Crippen LogP contribution < -0.4 is 5.69 Å². The number of fused-ring (bicyclic) bond motifs is 4. The summed E-state index contributed by atoms with van der Waals surface area (Å²) in [6.45, 7) is 0. The number of aromatic nitrogens is 5. The summed E-state index contributed by atoms with van der Waals surface area (Å²) in [6, 6.07) is 47.0. The lowest BCUT2D eigenvalue weighted by Gasteiger charge is -2.11. The van der Waals surface area contributed by atoms with Gasteiger partial charge in [0.15, 0.2) is 17.5 Å². The number of hydrogen-bond acceptors (Lipinski definition) is 5. The Bertz CT molecular complexity index is 2770. The maximum atomic E-state index is 12.6. The van der Waals surface area contributed by atoms with Crippen molar-refractivity contribution in [2.45, 2.75) is 0 Å². The van der Waals surface area contributed by atoms with Crippen LogP contribution in [-0.2, 0) is 14.1 Å². The predicted octanol–water partition coefficient (Wildman–Crippen LogP) is 9.30. The maximum absolute atomic E-state index is 12.6. The SMILES string of the molecule is Cn1c(=O)n(C)c2cc(-c3cccc(-c4nc(-c5ccccc5)nc(-c5cccc(-c6ccc7c(c6)oc6ccccc67)c5)n4)c3)ccc21. The van der Waals surface area contributed by atoms with E-state index in [1.165, 1.54) is 0 Å². The van der Waals surface area contributed by atoms with Crippen LogP contribution in [0.25, 0.3) is 89.4 Å². The Morgan fingerprint density at radius 1 is 0.429 bits per heavy atom. The van der Waals surface area contributed by atoms with Gasteiger partial charge in [-0.15, -0.1) is 0 Å². The first-order valence-corrected chi connectivity index (χ1v) is 16.1. The largest absolute Gasteiger partial charge is 0.456 e. The van der Waals surface area contributed by atoms with Gasteiger partial charge < -0.3 is 4.42 Å². The van der Waals surface area contributed by atoms with Crippen LogP contribution in [0.1, 0.15) is 0 Å². The zero-order valence-corrected chi connectivity index (χ0v) is 26.8. The lowest BCUT2D eigenvalue weighted by Crippen LogP contribution is -2.19. The first-order chi connectivity index (χ1) is 24.0. The predicted molar refractivity (Wildman–Crippen MR) is 196 cm³/mol. The summed E-state index contributed by atoms with van der Waals surface area (Å²) in [5.74, 6) is 1.76. The molecule has 0 aliphatic carbocycles. The Kier molecular flexibility index (Phi) is 6.59. The first kappa shape index (κ1) is 28.6. The number of imidazole rings is 1. The van der Waals surface area contributed by atoms with Gasteiger partial charge in [0.2, 0.25) is 0 Å². The molecule has 0 N–H and O–H groups in total. The van der Waals surface area contributed by atoms with Gasteiger partial charge in [-0.2, -0.15) is 0 Å². The van der Waals surface area contributed by atoms with E-state index in [0.717, 1.165) is 71.9 Å². The van der Waals surface area contributed by atoms with Crippen molar-refractivity contribution in [2.75, 3.05) is 0 Å². The van der Waals surface area contributed by atoms with E-state index in [9.17, 15) is 4.79 Å². The number of nitrogens with zero attached hydrogens (tertiary/aromatic N) is 5. The molecule has 3 aromatic heterocycles. The Labute approximate surface area is 281 Å². The smallest absolute Gasteiger partial charge is 0.328 e. The van der Waals surface area contributed by atoms with E-state index >= 15 is 0 Å². The van der Waals surface area contributed by atoms with Crippen LogP contribution in [0.2, 0.25) is 0 Å². The number of rotatable bonds is 5. The molecule has 6 aromatic carbocycles. The van der Waals surface area contributed by atoms with Crippen LogP contribution in [0, 0.1) is 0 Å². The molecule has 0 saturated carbocycles. The normalized spacial score (nSPS) is 11.6. The topological polar surface area (TPSA) is 78.7 Å². The van der Waals surface area contributed by atoms with Gasteiger partial charge in [0, 0.05) is 41.6 Å². The average molecular weight is 636 g/mol. The molecule has 0 fully saturated rings. The van der Waals surface area contributed by atoms with Crippen molar-refractivity contribution in [3.8, 4) is 56.4 Å². The average Bonchev–Trinajstić information content (AvgIpc) is 3.64. The molecule has 0 atom stereocenters. The van der Waals surface area contributed by atoms with Crippen molar-refractivity contribution in [3.05, 3.63) is 150 Å². The Morgan fingerprint density at radius 2 is 0.939 bits per heavy atom. The van der Waals surface area contributed by atoms with Gasteiger partial charge >= 0.3 is 5.69 Å². The fourth-order valence-corrected chi connectivity index (χ4v) is 6.62. The highest BCUT2D eigenvalue weighted by Gasteiger charge is 2.15. The lowest BCUT2D eigenvalue weighted by molar-refractivity contribution is 0.669. The van der Waals surface area contributed by atoms with Crippen LogP contribution in [0.15, 0.2) is 149 Å². The van der Waals surface area contributed by atoms with Crippen LogP contribution in [0.3, 0.4) is 0 Å². The van der Waals surface area contributed by atoms with Crippen LogP contribution in [0.4, 0.5) is 0 Å². The quantitative estimate of drug-likeness (QED) is 0.188. The third-order valence-corrected chi connectivity index (χ3v) is 9.23. The Balaban J connectivity index is 1.15. The minimum atomic E-state index is -0.0498. The molecule has 0 bridgehead atoms. The molecule has 3 heterocycles. The second-order valence-corrected chi connectivity index (χ2v) is 12.2. The summed E-state index contributed by atoms with van der Waals surface area (Å²) in [5, 5.41) is 2.21. The van der Waals surface area contributed by atoms with Crippen molar-refractivity contribution in [2.24, 2.45) is 14.1 Å². The summed E-state index contributed by atoms with van der Waals surface area (Å²) in [5.41, 5.74) is 10.2. The number of para-hydroxylation sites is 1. The highest BCUT2D eigenvalue weighted by molar-refractivity contribution is 6.05. The molecule has 7 nitrogen and oxygen atoms in total. The van der Waals surface area contributed by atoms with Gasteiger partial charge in [-0.25, -0.2) is 19.7 Å². The Morgan fingerprint density at radius 3 is 1.65 bits per heavy atom. The monoisotopic (exact) mass is 635 g/mol. The summed E-state index contributed by atoms with van der Waals surface area (Å²) in [7, 11) is 3.59. The summed E-state index contributed by atoms with van der Waals surface area (Å²) in [6.07, 6.45) is 0. The number of benzene rings is 6. The summed E-state index contributed by atoms with van der Waals surface area (Å²) >= 11 is 0. The molecule has 0 radical (unpaired) electrons. The third-order valence-electron chi connectivity index (χ3n) is 9.23. The second kappa shape index (κ2) is 11.3. The van der Waals surface area contributed by atoms with Gasteiger partial charge in [0.05, 0.1) is 11.0 Å². The zero-order chi connectivity index (χ0) is 33.1. The van der Waals surface area contributed by atoms with Crippen LogP contribution in [-0.4, -0.2) is 24.1 Å². The lowest BCUT2D eigenvalue weighted by atomic mass is 10.0. The van der Waals surface area contributed by atoms with E-state index in [0.29, 0.717) is 17.5 Å². The maximum Gasteiger partial charge on any atom is 0.328 e. The molecular formula is C42H29N5O2. The van der Waals surface area contributed by atoms with Gasteiger partial charge in [0.1, 0.15) is 11.2 Å². The molecule has 0 aliphatic heterocycles. The third kappa shape index (κ3) is 4.91. The molecule has 0 aliphatic rings. The van der Waals surface area contributed by atoms with Crippen molar-refractivity contribution in [1.29, 1.82) is 0 Å². The van der Waals surface area contributed by atoms with E-state index in [4.69, 9.17) is 19.4 Å². The molecule has 0 spiro atoms. The standard InChI is InChI=1S/C42H29N5O2/c1-46-35-21-19-29(24-36(35)47(2)42(46)48)27-12-8-14-31(22-27)40-43-39(26-10-4-3-5-11-26)44-41(45-40)32-15-9-13-28(23-32)30-18-20-34-33-16-6-7-17-37(33)49-38(34)25-30/h3-25H,1-2H3.